The normalized spacial score (nSPS) is 16.1. The van der Waals surface area contributed by atoms with Crippen molar-refractivity contribution in [3.63, 3.8) is 0 Å². The molecule has 0 aliphatic heterocycles. The molecule has 2 aromatic rings. The highest BCUT2D eigenvalue weighted by Gasteiger charge is 2.18. The van der Waals surface area contributed by atoms with Crippen LogP contribution in [-0.4, -0.2) is 26.3 Å². The first-order valence-corrected chi connectivity index (χ1v) is 8.32. The minimum Gasteiger partial charge on any atom is -0.331 e. The maximum atomic E-state index is 12.1. The van der Waals surface area contributed by atoms with Crippen LogP contribution in [0.2, 0.25) is 0 Å². The number of hydrogen-bond donors (Lipinski definition) is 0. The maximum Gasteiger partial charge on any atom is 0.150 e. The molecular weight excluding hydrogens is 268 g/mol. The van der Waals surface area contributed by atoms with Gasteiger partial charge in [0.25, 0.3) is 0 Å². The molecule has 0 radical (unpaired) electrons. The maximum absolute atomic E-state index is 12.1. The molecular formula is C16H20N2OS. The summed E-state index contributed by atoms with van der Waals surface area (Å²) in [6.07, 6.45) is 5.67. The van der Waals surface area contributed by atoms with Gasteiger partial charge in [-0.2, -0.15) is 11.8 Å². The van der Waals surface area contributed by atoms with Gasteiger partial charge in [0, 0.05) is 12.3 Å². The van der Waals surface area contributed by atoms with Crippen LogP contribution >= 0.6 is 11.8 Å². The molecule has 3 rings (SSSR count). The Balaban J connectivity index is 1.63. The number of ketones is 1. The van der Waals surface area contributed by atoms with Crippen LogP contribution in [0.4, 0.5) is 0 Å². The number of imidazole rings is 1. The summed E-state index contributed by atoms with van der Waals surface area (Å²) in [5.41, 5.74) is 2.07. The van der Waals surface area contributed by atoms with E-state index in [9.17, 15) is 4.79 Å². The number of hydrogen-bond acceptors (Lipinski definition) is 3. The Kier molecular flexibility index (Phi) is 4.10. The van der Waals surface area contributed by atoms with Crippen LogP contribution in [0.1, 0.15) is 31.5 Å². The van der Waals surface area contributed by atoms with Crippen LogP contribution in [-0.2, 0) is 18.3 Å². The van der Waals surface area contributed by atoms with Crippen LogP contribution in [0.25, 0.3) is 11.0 Å². The summed E-state index contributed by atoms with van der Waals surface area (Å²) in [4.78, 5) is 16.7. The lowest BCUT2D eigenvalue weighted by Gasteiger charge is -2.07. The predicted molar refractivity (Wildman–Crippen MR) is 84.1 cm³/mol. The topological polar surface area (TPSA) is 34.9 Å². The highest BCUT2D eigenvalue weighted by atomic mass is 32.2. The van der Waals surface area contributed by atoms with E-state index in [1.54, 1.807) is 0 Å². The van der Waals surface area contributed by atoms with Crippen LogP contribution < -0.4 is 0 Å². The summed E-state index contributed by atoms with van der Waals surface area (Å²) >= 11 is 1.84. The first-order valence-electron chi connectivity index (χ1n) is 7.27. The molecule has 0 unspecified atom stereocenters. The van der Waals surface area contributed by atoms with Crippen LogP contribution in [0, 0.1) is 0 Å². The lowest BCUT2D eigenvalue weighted by Crippen LogP contribution is -2.12. The largest absolute Gasteiger partial charge is 0.331 e. The zero-order chi connectivity index (χ0) is 13.9. The van der Waals surface area contributed by atoms with Gasteiger partial charge in [-0.05, 0) is 25.0 Å². The molecule has 0 amide bonds. The van der Waals surface area contributed by atoms with Crippen molar-refractivity contribution in [3.05, 3.63) is 30.1 Å². The standard InChI is InChI=1S/C16H20N2OS/c1-18-15-9-5-4-8-14(15)17-16(18)10-12(19)11-20-13-6-2-3-7-13/h4-5,8-9,13H,2-3,6-7,10-11H2,1H3. The zero-order valence-corrected chi connectivity index (χ0v) is 12.7. The second-order valence-electron chi connectivity index (χ2n) is 5.51. The average molecular weight is 288 g/mol. The molecule has 1 aromatic heterocycles. The van der Waals surface area contributed by atoms with Crippen LogP contribution in [0.15, 0.2) is 24.3 Å². The second kappa shape index (κ2) is 6.00. The lowest BCUT2D eigenvalue weighted by atomic mass is 10.3. The number of fused-ring (bicyclic) bond motifs is 1. The molecule has 0 saturated heterocycles. The monoisotopic (exact) mass is 288 g/mol. The van der Waals surface area contributed by atoms with Gasteiger partial charge in [-0.3, -0.25) is 4.79 Å². The Bertz CT molecular complexity index is 614. The molecule has 0 atom stereocenters. The summed E-state index contributed by atoms with van der Waals surface area (Å²) in [6.45, 7) is 0. The first kappa shape index (κ1) is 13.7. The Morgan fingerprint density at radius 3 is 2.85 bits per heavy atom. The third kappa shape index (κ3) is 2.90. The quantitative estimate of drug-likeness (QED) is 0.846. The number of aryl methyl sites for hydroxylation is 1. The van der Waals surface area contributed by atoms with Gasteiger partial charge >= 0.3 is 0 Å². The molecule has 1 aliphatic carbocycles. The fourth-order valence-electron chi connectivity index (χ4n) is 2.85. The molecule has 20 heavy (non-hydrogen) atoms. The lowest BCUT2D eigenvalue weighted by molar-refractivity contribution is -0.116. The van der Waals surface area contributed by atoms with Crippen molar-refractivity contribution in [1.82, 2.24) is 9.55 Å². The third-order valence-corrected chi connectivity index (χ3v) is 5.45. The number of thioether (sulfide) groups is 1. The van der Waals surface area contributed by atoms with Gasteiger partial charge in [0.05, 0.1) is 23.2 Å². The minimum atomic E-state index is 0.292. The van der Waals surface area contributed by atoms with Crippen molar-refractivity contribution in [2.24, 2.45) is 7.05 Å². The molecule has 3 nitrogen and oxygen atoms in total. The highest BCUT2D eigenvalue weighted by molar-refractivity contribution is 8.00. The molecule has 1 heterocycles. The van der Waals surface area contributed by atoms with E-state index < -0.39 is 0 Å². The van der Waals surface area contributed by atoms with Gasteiger partial charge in [0.2, 0.25) is 0 Å². The van der Waals surface area contributed by atoms with E-state index >= 15 is 0 Å². The van der Waals surface area contributed by atoms with E-state index in [0.29, 0.717) is 23.2 Å². The average Bonchev–Trinajstić information content (AvgIpc) is 3.07. The molecule has 1 fully saturated rings. The van der Waals surface area contributed by atoms with Crippen LogP contribution in [0.3, 0.4) is 0 Å². The SMILES string of the molecule is Cn1c(CC(=O)CSC2CCCC2)nc2ccccc21. The number of nitrogens with zero attached hydrogens (tertiary/aromatic N) is 2. The van der Waals surface area contributed by atoms with E-state index in [-0.39, 0.29) is 0 Å². The fourth-order valence-corrected chi connectivity index (χ4v) is 4.04. The number of carbonyl (C=O) groups is 1. The molecule has 1 saturated carbocycles. The summed E-state index contributed by atoms with van der Waals surface area (Å²) < 4.78 is 2.04. The summed E-state index contributed by atoms with van der Waals surface area (Å²) in [5, 5.41) is 0.708. The Hall–Kier alpha value is -1.29. The van der Waals surface area contributed by atoms with E-state index in [4.69, 9.17) is 0 Å². The number of rotatable bonds is 5. The van der Waals surface area contributed by atoms with Gasteiger partial charge < -0.3 is 4.57 Å². The highest BCUT2D eigenvalue weighted by Crippen LogP contribution is 2.29. The molecule has 0 spiro atoms. The van der Waals surface area contributed by atoms with Crippen molar-refractivity contribution in [2.75, 3.05) is 5.75 Å². The summed E-state index contributed by atoms with van der Waals surface area (Å²) in [5.74, 6) is 1.80. The van der Waals surface area contributed by atoms with Gasteiger partial charge in [-0.15, -0.1) is 0 Å². The smallest absolute Gasteiger partial charge is 0.150 e. The van der Waals surface area contributed by atoms with Crippen molar-refractivity contribution in [1.29, 1.82) is 0 Å². The predicted octanol–water partition coefficient (Wildman–Crippen LogP) is 3.36. The first-order chi connectivity index (χ1) is 9.74. The molecule has 1 aromatic carbocycles. The Morgan fingerprint density at radius 2 is 2.10 bits per heavy atom. The Morgan fingerprint density at radius 1 is 1.35 bits per heavy atom. The van der Waals surface area contributed by atoms with Crippen molar-refractivity contribution >= 4 is 28.6 Å². The van der Waals surface area contributed by atoms with Gasteiger partial charge in [0.1, 0.15) is 11.6 Å². The van der Waals surface area contributed by atoms with Crippen LogP contribution in [0.5, 0.6) is 0 Å². The second-order valence-corrected chi connectivity index (χ2v) is 6.80. The fraction of sp³-hybridized carbons (Fsp3) is 0.500. The zero-order valence-electron chi connectivity index (χ0n) is 11.8. The van der Waals surface area contributed by atoms with Gasteiger partial charge in [0.15, 0.2) is 0 Å². The van der Waals surface area contributed by atoms with Crippen molar-refractivity contribution in [2.45, 2.75) is 37.4 Å². The third-order valence-electron chi connectivity index (χ3n) is 4.02. The Labute approximate surface area is 123 Å². The summed E-state index contributed by atoms with van der Waals surface area (Å²) in [6, 6.07) is 8.03. The van der Waals surface area contributed by atoms with E-state index in [1.165, 1.54) is 25.7 Å². The molecule has 4 heteroatoms. The van der Waals surface area contributed by atoms with E-state index in [2.05, 4.69) is 4.98 Å². The molecule has 1 aliphatic rings. The van der Waals surface area contributed by atoms with Crippen molar-refractivity contribution in [3.8, 4) is 0 Å². The summed E-state index contributed by atoms with van der Waals surface area (Å²) in [7, 11) is 1.99. The molecule has 0 N–H and O–H groups in total. The van der Waals surface area contributed by atoms with Gasteiger partial charge in [-0.1, -0.05) is 25.0 Å². The van der Waals surface area contributed by atoms with Gasteiger partial charge in [-0.25, -0.2) is 4.98 Å². The van der Waals surface area contributed by atoms with E-state index in [1.807, 2.05) is 47.6 Å². The number of para-hydroxylation sites is 2. The number of benzene rings is 1. The number of carbonyl (C=O) groups excluding carboxylic acids is 1. The molecule has 0 bridgehead atoms. The number of aromatic nitrogens is 2. The van der Waals surface area contributed by atoms with Crippen molar-refractivity contribution < 1.29 is 4.79 Å². The molecule has 106 valence electrons. The van der Waals surface area contributed by atoms with E-state index in [0.717, 1.165) is 16.9 Å². The minimum absolute atomic E-state index is 0.292. The number of Topliss-reactive ketones (excluding diaryl/α,β-unsaturated/α-hetero) is 1.